The fourth-order valence-corrected chi connectivity index (χ4v) is 5.72. The number of hydrazone groups is 1. The largest absolute Gasteiger partial charge is 0.496 e. The van der Waals surface area contributed by atoms with E-state index in [1.54, 1.807) is 18.9 Å². The quantitative estimate of drug-likeness (QED) is 0.135. The number of ether oxygens (including phenoxy) is 1. The standard InChI is InChI=1S/C34H27ClN4O2S/c1-23-19-24(13-18-32(23)41-2)33-25(21-38(37-33)27-9-5-3-6-10-27)20-30-31(22-42-29-16-14-26(35)15-17-29)36-39(34(30)40)28-11-7-4-8-12-28/h3-21H,22H2,1-2H3. The molecule has 1 amide bonds. The molecule has 5 aromatic rings. The number of nitrogens with zero attached hydrogens (tertiary/aromatic N) is 4. The second-order valence-electron chi connectivity index (χ2n) is 9.70. The van der Waals surface area contributed by atoms with Gasteiger partial charge in [-0.2, -0.15) is 15.2 Å². The highest BCUT2D eigenvalue weighted by molar-refractivity contribution is 8.00. The molecule has 0 spiro atoms. The normalized spacial score (nSPS) is 14.0. The van der Waals surface area contributed by atoms with Crippen LogP contribution in [0.25, 0.3) is 23.0 Å². The van der Waals surface area contributed by atoms with Gasteiger partial charge in [0.25, 0.3) is 5.91 Å². The summed E-state index contributed by atoms with van der Waals surface area (Å²) < 4.78 is 7.33. The van der Waals surface area contributed by atoms with E-state index in [9.17, 15) is 4.79 Å². The first-order chi connectivity index (χ1) is 20.5. The first kappa shape index (κ1) is 27.6. The van der Waals surface area contributed by atoms with E-state index in [1.165, 1.54) is 5.01 Å². The van der Waals surface area contributed by atoms with Crippen LogP contribution in [0.3, 0.4) is 0 Å². The smallest absolute Gasteiger partial charge is 0.280 e. The first-order valence-corrected chi connectivity index (χ1v) is 14.7. The van der Waals surface area contributed by atoms with Crippen molar-refractivity contribution in [2.45, 2.75) is 11.8 Å². The van der Waals surface area contributed by atoms with Crippen molar-refractivity contribution >= 4 is 46.7 Å². The van der Waals surface area contributed by atoms with E-state index in [1.807, 2.05) is 121 Å². The summed E-state index contributed by atoms with van der Waals surface area (Å²) in [6.45, 7) is 2.01. The Labute approximate surface area is 253 Å². The van der Waals surface area contributed by atoms with Crippen LogP contribution in [0.15, 0.2) is 125 Å². The number of hydrogen-bond acceptors (Lipinski definition) is 5. The lowest BCUT2D eigenvalue weighted by Gasteiger charge is -2.11. The Morgan fingerprint density at radius 3 is 2.26 bits per heavy atom. The van der Waals surface area contributed by atoms with Gasteiger partial charge in [-0.1, -0.05) is 48.0 Å². The number of halogens is 1. The van der Waals surface area contributed by atoms with Gasteiger partial charge in [0.1, 0.15) is 5.75 Å². The van der Waals surface area contributed by atoms with Crippen molar-refractivity contribution in [3.8, 4) is 22.7 Å². The van der Waals surface area contributed by atoms with Crippen molar-refractivity contribution in [3.05, 3.63) is 131 Å². The summed E-state index contributed by atoms with van der Waals surface area (Å²) in [7, 11) is 1.66. The van der Waals surface area contributed by atoms with Crippen LogP contribution in [-0.4, -0.2) is 34.3 Å². The van der Waals surface area contributed by atoms with Crippen molar-refractivity contribution in [2.75, 3.05) is 17.9 Å². The fraction of sp³-hybridized carbons (Fsp3) is 0.0882. The number of carbonyl (C=O) groups excluding carboxylic acids is 1. The third-order valence-electron chi connectivity index (χ3n) is 6.88. The van der Waals surface area contributed by atoms with Gasteiger partial charge < -0.3 is 4.74 Å². The predicted octanol–water partition coefficient (Wildman–Crippen LogP) is 8.09. The lowest BCUT2D eigenvalue weighted by atomic mass is 10.0. The van der Waals surface area contributed by atoms with Gasteiger partial charge in [-0.3, -0.25) is 4.79 Å². The van der Waals surface area contributed by atoms with Crippen LogP contribution >= 0.6 is 23.4 Å². The van der Waals surface area contributed by atoms with Crippen LogP contribution in [0.2, 0.25) is 5.02 Å². The minimum Gasteiger partial charge on any atom is -0.496 e. The molecule has 42 heavy (non-hydrogen) atoms. The van der Waals surface area contributed by atoms with Gasteiger partial charge in [-0.25, -0.2) is 4.68 Å². The van der Waals surface area contributed by atoms with Gasteiger partial charge in [0.05, 0.1) is 35.5 Å². The number of methoxy groups -OCH3 is 1. The minimum atomic E-state index is -0.183. The number of aromatic nitrogens is 2. The lowest BCUT2D eigenvalue weighted by molar-refractivity contribution is -0.114. The molecule has 6 rings (SSSR count). The van der Waals surface area contributed by atoms with Crippen LogP contribution in [0.1, 0.15) is 11.1 Å². The van der Waals surface area contributed by atoms with Gasteiger partial charge >= 0.3 is 0 Å². The lowest BCUT2D eigenvalue weighted by Crippen LogP contribution is -2.21. The van der Waals surface area contributed by atoms with E-state index in [2.05, 4.69) is 6.07 Å². The summed E-state index contributed by atoms with van der Waals surface area (Å²) in [4.78, 5) is 15.0. The molecule has 0 bridgehead atoms. The van der Waals surface area contributed by atoms with Gasteiger partial charge in [0.2, 0.25) is 0 Å². The van der Waals surface area contributed by atoms with Crippen LogP contribution in [0.4, 0.5) is 5.69 Å². The molecule has 8 heteroatoms. The molecule has 0 saturated carbocycles. The molecular formula is C34H27ClN4O2S. The maximum atomic E-state index is 13.9. The second-order valence-corrected chi connectivity index (χ2v) is 11.2. The third kappa shape index (κ3) is 5.75. The molecule has 208 valence electrons. The SMILES string of the molecule is COc1ccc(-c2nn(-c3ccccc3)cc2C=C2C(=O)N(c3ccccc3)N=C2CSc2ccc(Cl)cc2)cc1C. The maximum Gasteiger partial charge on any atom is 0.280 e. The summed E-state index contributed by atoms with van der Waals surface area (Å²) in [5, 5.41) is 11.9. The molecule has 1 aliphatic rings. The van der Waals surface area contributed by atoms with Crippen LogP contribution in [0, 0.1) is 6.92 Å². The number of thioether (sulfide) groups is 1. The molecule has 6 nitrogen and oxygen atoms in total. The molecule has 0 unspecified atom stereocenters. The van der Waals surface area contributed by atoms with Crippen molar-refractivity contribution in [3.63, 3.8) is 0 Å². The van der Waals surface area contributed by atoms with Gasteiger partial charge in [-0.15, -0.1) is 11.8 Å². The molecule has 1 aliphatic heterocycles. The number of amides is 1. The summed E-state index contributed by atoms with van der Waals surface area (Å²) in [5.74, 6) is 1.13. The Morgan fingerprint density at radius 1 is 0.905 bits per heavy atom. The van der Waals surface area contributed by atoms with Crippen LogP contribution in [-0.2, 0) is 4.79 Å². The molecule has 0 saturated heterocycles. The van der Waals surface area contributed by atoms with Crippen LogP contribution < -0.4 is 9.75 Å². The monoisotopic (exact) mass is 590 g/mol. The predicted molar refractivity (Wildman–Crippen MR) is 172 cm³/mol. The number of hydrogen-bond donors (Lipinski definition) is 0. The Balaban J connectivity index is 1.44. The first-order valence-electron chi connectivity index (χ1n) is 13.4. The average Bonchev–Trinajstić information content (AvgIpc) is 3.59. The van der Waals surface area contributed by atoms with Crippen LogP contribution in [0.5, 0.6) is 5.75 Å². The molecule has 0 fully saturated rings. The van der Waals surface area contributed by atoms with E-state index in [0.29, 0.717) is 27.7 Å². The van der Waals surface area contributed by atoms with E-state index in [0.717, 1.165) is 38.7 Å². The highest BCUT2D eigenvalue weighted by atomic mass is 35.5. The Hall–Kier alpha value is -4.59. The van der Waals surface area contributed by atoms with E-state index in [-0.39, 0.29) is 5.91 Å². The van der Waals surface area contributed by atoms with E-state index < -0.39 is 0 Å². The highest BCUT2D eigenvalue weighted by Gasteiger charge is 2.31. The number of carbonyl (C=O) groups is 1. The summed E-state index contributed by atoms with van der Waals surface area (Å²) >= 11 is 7.69. The van der Waals surface area contributed by atoms with Crippen molar-refractivity contribution in [1.82, 2.24) is 9.78 Å². The number of aryl methyl sites for hydroxylation is 1. The highest BCUT2D eigenvalue weighted by Crippen LogP contribution is 2.33. The molecular weight excluding hydrogens is 564 g/mol. The second kappa shape index (κ2) is 12.1. The molecule has 0 radical (unpaired) electrons. The average molecular weight is 591 g/mol. The maximum absolute atomic E-state index is 13.9. The molecule has 2 heterocycles. The van der Waals surface area contributed by atoms with Crippen molar-refractivity contribution in [2.24, 2.45) is 5.10 Å². The number of benzene rings is 4. The topological polar surface area (TPSA) is 59.7 Å². The van der Waals surface area contributed by atoms with E-state index in [4.69, 9.17) is 26.5 Å². The Morgan fingerprint density at radius 2 is 1.60 bits per heavy atom. The minimum absolute atomic E-state index is 0.183. The molecule has 0 aliphatic carbocycles. The van der Waals surface area contributed by atoms with Gasteiger partial charge in [0, 0.05) is 33.0 Å². The fourth-order valence-electron chi connectivity index (χ4n) is 4.75. The summed E-state index contributed by atoms with van der Waals surface area (Å²) in [6, 6.07) is 33.0. The zero-order chi connectivity index (χ0) is 29.1. The molecule has 1 aromatic heterocycles. The van der Waals surface area contributed by atoms with E-state index >= 15 is 0 Å². The summed E-state index contributed by atoms with van der Waals surface area (Å²) in [6.07, 6.45) is 3.87. The van der Waals surface area contributed by atoms with Gasteiger partial charge in [0.15, 0.2) is 0 Å². The molecule has 0 N–H and O–H groups in total. The van der Waals surface area contributed by atoms with Crippen molar-refractivity contribution < 1.29 is 9.53 Å². The zero-order valence-electron chi connectivity index (χ0n) is 23.1. The third-order valence-corrected chi connectivity index (χ3v) is 8.15. The number of rotatable bonds is 8. The van der Waals surface area contributed by atoms with Crippen molar-refractivity contribution in [1.29, 1.82) is 0 Å². The molecule has 0 atom stereocenters. The Kier molecular flexibility index (Phi) is 7.95. The van der Waals surface area contributed by atoms with Gasteiger partial charge in [-0.05, 0) is 85.3 Å². The Bertz CT molecular complexity index is 1800. The molecule has 4 aromatic carbocycles. The summed E-state index contributed by atoms with van der Waals surface area (Å²) in [5.41, 5.74) is 6.34. The number of para-hydroxylation sites is 2. The number of anilines is 1. The zero-order valence-corrected chi connectivity index (χ0v) is 24.6.